The molecule has 1 aromatic heterocycles. The van der Waals surface area contributed by atoms with Crippen LogP contribution in [0.3, 0.4) is 0 Å². The van der Waals surface area contributed by atoms with Crippen LogP contribution in [0.15, 0.2) is 66.7 Å². The Morgan fingerprint density at radius 3 is 2.56 bits per heavy atom. The Kier molecular flexibility index (Phi) is 7.15. The molecule has 0 bridgehead atoms. The number of aromatic nitrogens is 2. The summed E-state index contributed by atoms with van der Waals surface area (Å²) in [6.45, 7) is 8.37. The van der Waals surface area contributed by atoms with Crippen molar-refractivity contribution >= 4 is 17.3 Å². The van der Waals surface area contributed by atoms with E-state index in [0.717, 1.165) is 22.5 Å². The number of amides is 1. The van der Waals surface area contributed by atoms with Gasteiger partial charge in [0.05, 0.1) is 28.5 Å². The van der Waals surface area contributed by atoms with Crippen molar-refractivity contribution in [3.8, 4) is 5.75 Å². The summed E-state index contributed by atoms with van der Waals surface area (Å²) in [6, 6.07) is 20.0. The van der Waals surface area contributed by atoms with E-state index in [1.165, 1.54) is 17.2 Å². The number of rotatable bonds is 8. The summed E-state index contributed by atoms with van der Waals surface area (Å²) in [6.07, 6.45) is 0. The van der Waals surface area contributed by atoms with Gasteiger partial charge in [-0.3, -0.25) is 19.6 Å². The van der Waals surface area contributed by atoms with Crippen LogP contribution in [0, 0.1) is 37.8 Å². The van der Waals surface area contributed by atoms with Crippen LogP contribution in [0.4, 0.5) is 11.4 Å². The highest BCUT2D eigenvalue weighted by Crippen LogP contribution is 2.28. The van der Waals surface area contributed by atoms with E-state index in [4.69, 9.17) is 4.74 Å². The molecule has 0 fully saturated rings. The van der Waals surface area contributed by atoms with Crippen LogP contribution in [-0.2, 0) is 13.2 Å². The van der Waals surface area contributed by atoms with Gasteiger partial charge in [-0.2, -0.15) is 5.10 Å². The molecule has 0 saturated carbocycles. The van der Waals surface area contributed by atoms with E-state index in [2.05, 4.69) is 29.5 Å². The lowest BCUT2D eigenvalue weighted by Crippen LogP contribution is -2.14. The Morgan fingerprint density at radius 1 is 1.03 bits per heavy atom. The molecule has 3 aromatic carbocycles. The van der Waals surface area contributed by atoms with E-state index in [0.29, 0.717) is 17.8 Å². The number of aryl methyl sites for hydroxylation is 3. The highest BCUT2D eigenvalue weighted by molar-refractivity contribution is 6.05. The fourth-order valence-electron chi connectivity index (χ4n) is 4.02. The minimum atomic E-state index is -0.462. The zero-order valence-electron chi connectivity index (χ0n) is 20.7. The molecule has 0 atom stereocenters. The summed E-state index contributed by atoms with van der Waals surface area (Å²) in [5, 5.41) is 19.0. The van der Waals surface area contributed by atoms with Crippen molar-refractivity contribution in [2.75, 3.05) is 5.32 Å². The maximum atomic E-state index is 13.1. The molecule has 1 heterocycles. The number of benzene rings is 3. The number of nitro benzene ring substituents is 1. The average molecular weight is 485 g/mol. The van der Waals surface area contributed by atoms with Crippen molar-refractivity contribution in [3.05, 3.63) is 116 Å². The van der Waals surface area contributed by atoms with Crippen molar-refractivity contribution in [2.45, 2.75) is 40.8 Å². The smallest absolute Gasteiger partial charge is 0.311 e. The number of carbonyl (C=O) groups excluding carboxylic acids is 1. The summed E-state index contributed by atoms with van der Waals surface area (Å²) < 4.78 is 7.61. The average Bonchev–Trinajstić information content (AvgIpc) is 3.12. The van der Waals surface area contributed by atoms with Gasteiger partial charge >= 0.3 is 5.69 Å². The van der Waals surface area contributed by atoms with E-state index < -0.39 is 4.92 Å². The monoisotopic (exact) mass is 484 g/mol. The molecule has 0 spiro atoms. The third-order valence-electron chi connectivity index (χ3n) is 6.10. The van der Waals surface area contributed by atoms with E-state index in [1.54, 1.807) is 37.3 Å². The second-order valence-corrected chi connectivity index (χ2v) is 8.80. The summed E-state index contributed by atoms with van der Waals surface area (Å²) in [7, 11) is 0. The van der Waals surface area contributed by atoms with Gasteiger partial charge in [0.25, 0.3) is 5.91 Å². The molecule has 0 radical (unpaired) electrons. The fraction of sp³-hybridized carbons (Fsp3) is 0.214. The van der Waals surface area contributed by atoms with Gasteiger partial charge in [0.2, 0.25) is 0 Å². The molecular weight excluding hydrogens is 456 g/mol. The van der Waals surface area contributed by atoms with Crippen molar-refractivity contribution in [3.63, 3.8) is 0 Å². The molecule has 36 heavy (non-hydrogen) atoms. The lowest BCUT2D eigenvalue weighted by molar-refractivity contribution is -0.386. The number of anilines is 1. The molecule has 8 nitrogen and oxygen atoms in total. The van der Waals surface area contributed by atoms with Crippen molar-refractivity contribution in [1.82, 2.24) is 9.78 Å². The van der Waals surface area contributed by atoms with Crippen molar-refractivity contribution < 1.29 is 14.5 Å². The van der Waals surface area contributed by atoms with Crippen LogP contribution < -0.4 is 10.1 Å². The quantitative estimate of drug-likeness (QED) is 0.248. The van der Waals surface area contributed by atoms with E-state index in [-0.39, 0.29) is 24.0 Å². The van der Waals surface area contributed by atoms with Crippen LogP contribution >= 0.6 is 0 Å². The number of carbonyl (C=O) groups is 1. The second-order valence-electron chi connectivity index (χ2n) is 8.80. The molecule has 4 rings (SSSR count). The molecule has 1 amide bonds. The first-order valence-corrected chi connectivity index (χ1v) is 11.6. The predicted molar refractivity (Wildman–Crippen MR) is 139 cm³/mol. The Hall–Kier alpha value is -4.46. The SMILES string of the molecule is Cc1ccc(OCc2cccc(C(=O)Nc3c(C)nn(Cc4ccccc4C)c3C)c2)c([N+](=O)[O-])c1. The first kappa shape index (κ1) is 24.7. The lowest BCUT2D eigenvalue weighted by atomic mass is 10.1. The topological polar surface area (TPSA) is 99.3 Å². The van der Waals surface area contributed by atoms with Gasteiger partial charge in [0, 0.05) is 11.6 Å². The van der Waals surface area contributed by atoms with Gasteiger partial charge in [0.15, 0.2) is 5.75 Å². The Labute approximate surface area is 209 Å². The molecule has 0 aliphatic carbocycles. The molecule has 0 aliphatic rings. The van der Waals surface area contributed by atoms with E-state index in [1.807, 2.05) is 36.7 Å². The van der Waals surface area contributed by atoms with Gasteiger partial charge in [-0.15, -0.1) is 0 Å². The number of nitrogens with zero attached hydrogens (tertiary/aromatic N) is 3. The largest absolute Gasteiger partial charge is 0.482 e. The van der Waals surface area contributed by atoms with Gasteiger partial charge in [0.1, 0.15) is 6.61 Å². The highest BCUT2D eigenvalue weighted by atomic mass is 16.6. The van der Waals surface area contributed by atoms with Crippen LogP contribution in [0.2, 0.25) is 0 Å². The van der Waals surface area contributed by atoms with Crippen LogP contribution in [0.1, 0.15) is 44.0 Å². The van der Waals surface area contributed by atoms with Gasteiger partial charge in [-0.25, -0.2) is 0 Å². The van der Waals surface area contributed by atoms with Crippen molar-refractivity contribution in [1.29, 1.82) is 0 Å². The van der Waals surface area contributed by atoms with E-state index >= 15 is 0 Å². The number of hydrogen-bond donors (Lipinski definition) is 1. The number of nitrogens with one attached hydrogen (secondary N) is 1. The summed E-state index contributed by atoms with van der Waals surface area (Å²) in [4.78, 5) is 24.0. The standard InChI is InChI=1S/C28H28N4O4/c1-18-12-13-26(25(14-18)32(34)35)36-17-22-9-7-11-23(15-22)28(33)29-27-20(3)30-31(21(27)4)16-24-10-6-5-8-19(24)2/h5-15H,16-17H2,1-4H3,(H,29,33). The summed E-state index contributed by atoms with van der Waals surface area (Å²) in [5.41, 5.74) is 6.52. The molecule has 0 aliphatic heterocycles. The Morgan fingerprint density at radius 2 is 1.81 bits per heavy atom. The first-order valence-electron chi connectivity index (χ1n) is 11.6. The minimum absolute atomic E-state index is 0.0856. The Bertz CT molecular complexity index is 1440. The molecule has 0 unspecified atom stereocenters. The molecule has 8 heteroatoms. The molecule has 1 N–H and O–H groups in total. The summed E-state index contributed by atoms with van der Waals surface area (Å²) in [5.74, 6) is -0.0763. The maximum absolute atomic E-state index is 13.1. The van der Waals surface area contributed by atoms with Crippen LogP contribution in [-0.4, -0.2) is 20.6 Å². The highest BCUT2D eigenvalue weighted by Gasteiger charge is 2.18. The van der Waals surface area contributed by atoms with Crippen LogP contribution in [0.5, 0.6) is 5.75 Å². The lowest BCUT2D eigenvalue weighted by Gasteiger charge is -2.10. The third-order valence-corrected chi connectivity index (χ3v) is 6.10. The molecule has 4 aromatic rings. The Balaban J connectivity index is 1.48. The van der Waals surface area contributed by atoms with E-state index in [9.17, 15) is 14.9 Å². The predicted octanol–water partition coefficient (Wildman–Crippen LogP) is 5.90. The van der Waals surface area contributed by atoms with Crippen molar-refractivity contribution in [2.24, 2.45) is 0 Å². The minimum Gasteiger partial charge on any atom is -0.482 e. The summed E-state index contributed by atoms with van der Waals surface area (Å²) >= 11 is 0. The second kappa shape index (κ2) is 10.4. The molecular formula is C28H28N4O4. The first-order chi connectivity index (χ1) is 17.2. The normalized spacial score (nSPS) is 10.8. The number of ether oxygens (including phenoxy) is 1. The van der Waals surface area contributed by atoms with Crippen LogP contribution in [0.25, 0.3) is 0 Å². The molecule has 184 valence electrons. The maximum Gasteiger partial charge on any atom is 0.311 e. The number of hydrogen-bond acceptors (Lipinski definition) is 5. The zero-order chi connectivity index (χ0) is 25.8. The molecule has 0 saturated heterocycles. The van der Waals surface area contributed by atoms with Gasteiger partial charge in [-0.1, -0.05) is 42.5 Å². The zero-order valence-corrected chi connectivity index (χ0v) is 20.7. The van der Waals surface area contributed by atoms with Gasteiger partial charge in [-0.05, 0) is 68.1 Å². The fourth-order valence-corrected chi connectivity index (χ4v) is 4.02. The van der Waals surface area contributed by atoms with Gasteiger partial charge < -0.3 is 10.1 Å². The third kappa shape index (κ3) is 5.43. The number of nitro groups is 1.